The predicted octanol–water partition coefficient (Wildman–Crippen LogP) is 4.91. The molecule has 1 aromatic carbocycles. The number of ketones is 1. The maximum Gasteiger partial charge on any atom is 0.387 e. The van der Waals surface area contributed by atoms with Crippen molar-refractivity contribution in [2.45, 2.75) is 32.5 Å². The molecule has 3 heterocycles. The second-order valence-electron chi connectivity index (χ2n) is 8.55. The Morgan fingerprint density at radius 2 is 2.00 bits per heavy atom. The molecule has 10 heteroatoms. The van der Waals surface area contributed by atoms with E-state index in [9.17, 15) is 13.6 Å². The van der Waals surface area contributed by atoms with E-state index in [1.807, 2.05) is 17.8 Å². The van der Waals surface area contributed by atoms with Gasteiger partial charge >= 0.3 is 6.61 Å². The van der Waals surface area contributed by atoms with Crippen LogP contribution in [-0.2, 0) is 13.7 Å². The van der Waals surface area contributed by atoms with E-state index >= 15 is 0 Å². The summed E-state index contributed by atoms with van der Waals surface area (Å²) in [6, 6.07) is 6.63. The Morgan fingerprint density at radius 3 is 2.69 bits per heavy atom. The molecule has 0 amide bonds. The van der Waals surface area contributed by atoms with Gasteiger partial charge in [-0.3, -0.25) is 9.20 Å². The number of alkyl halides is 2. The molecule has 1 aliphatic rings. The van der Waals surface area contributed by atoms with Crippen molar-refractivity contribution < 1.29 is 27.8 Å². The number of pyridine rings is 1. The lowest BCUT2D eigenvalue weighted by Gasteiger charge is -2.16. The number of Topliss-reactive ketones (excluding diaryl/α,β-unsaturated/α-hetero) is 1. The van der Waals surface area contributed by atoms with E-state index in [0.717, 1.165) is 18.5 Å². The summed E-state index contributed by atoms with van der Waals surface area (Å²) in [6.07, 6.45) is 9.18. The molecule has 0 spiro atoms. The summed E-state index contributed by atoms with van der Waals surface area (Å²) >= 11 is 0. The number of imidazole rings is 2. The average Bonchev–Trinajstić information content (AvgIpc) is 3.38. The fraction of sp³-hybridized carbons (Fsp3) is 0.320. The molecule has 0 radical (unpaired) electrons. The van der Waals surface area contributed by atoms with Crippen molar-refractivity contribution in [1.82, 2.24) is 18.9 Å². The molecule has 0 N–H and O–H groups in total. The number of benzene rings is 1. The van der Waals surface area contributed by atoms with Crippen LogP contribution in [0, 0.1) is 5.92 Å². The molecule has 0 aliphatic heterocycles. The molecule has 0 saturated heterocycles. The standard InChI is InChI=1S/C25H24F2N4O4/c1-30-12-17(29-14-30)13-34-18-5-6-31-19(11-28-23(31)10-18)16-8-21(33-2)24(20(32)7-15-3-4-15)22(9-16)35-25(26)27/h5-6,8-12,14-15,25H,3-4,7,13H2,1-2H3. The molecule has 1 saturated carbocycles. The molecule has 0 unspecified atom stereocenters. The predicted molar refractivity (Wildman–Crippen MR) is 123 cm³/mol. The van der Waals surface area contributed by atoms with Crippen LogP contribution in [0.25, 0.3) is 16.9 Å². The highest BCUT2D eigenvalue weighted by molar-refractivity contribution is 6.02. The van der Waals surface area contributed by atoms with Gasteiger partial charge in [0.25, 0.3) is 0 Å². The molecule has 182 valence electrons. The van der Waals surface area contributed by atoms with Crippen LogP contribution >= 0.6 is 0 Å². The summed E-state index contributed by atoms with van der Waals surface area (Å²) in [4.78, 5) is 21.5. The van der Waals surface area contributed by atoms with E-state index < -0.39 is 6.61 Å². The SMILES string of the molecule is COc1cc(-c2cnc3cc(OCc4cn(C)cn4)ccn23)cc(OC(F)F)c1C(=O)CC1CC1. The zero-order valence-electron chi connectivity index (χ0n) is 19.3. The first-order valence-corrected chi connectivity index (χ1v) is 11.2. The fourth-order valence-corrected chi connectivity index (χ4v) is 4.01. The highest BCUT2D eigenvalue weighted by Gasteiger charge is 2.29. The van der Waals surface area contributed by atoms with E-state index in [1.54, 1.807) is 41.3 Å². The van der Waals surface area contributed by atoms with Gasteiger partial charge in [-0.2, -0.15) is 8.78 Å². The summed E-state index contributed by atoms with van der Waals surface area (Å²) in [5.74, 6) is 0.624. The number of methoxy groups -OCH3 is 1. The van der Waals surface area contributed by atoms with Crippen molar-refractivity contribution in [2.75, 3.05) is 7.11 Å². The number of hydrogen-bond donors (Lipinski definition) is 0. The van der Waals surface area contributed by atoms with E-state index in [4.69, 9.17) is 14.2 Å². The van der Waals surface area contributed by atoms with Crippen LogP contribution in [0.1, 0.15) is 35.3 Å². The molecule has 0 atom stereocenters. The summed E-state index contributed by atoms with van der Waals surface area (Å²) in [5.41, 5.74) is 2.58. The first-order chi connectivity index (χ1) is 16.9. The number of carbonyl (C=O) groups is 1. The molecular formula is C25H24F2N4O4. The van der Waals surface area contributed by atoms with Gasteiger partial charge in [0.1, 0.15) is 35.1 Å². The third-order valence-electron chi connectivity index (χ3n) is 5.88. The number of aryl methyl sites for hydroxylation is 1. The van der Waals surface area contributed by atoms with Crippen molar-refractivity contribution in [1.29, 1.82) is 0 Å². The van der Waals surface area contributed by atoms with Crippen molar-refractivity contribution in [3.63, 3.8) is 0 Å². The monoisotopic (exact) mass is 482 g/mol. The van der Waals surface area contributed by atoms with Crippen molar-refractivity contribution >= 4 is 11.4 Å². The van der Waals surface area contributed by atoms with Crippen molar-refractivity contribution in [2.24, 2.45) is 13.0 Å². The Morgan fingerprint density at radius 1 is 1.20 bits per heavy atom. The molecule has 1 fully saturated rings. The van der Waals surface area contributed by atoms with Gasteiger partial charge in [-0.15, -0.1) is 0 Å². The number of nitrogens with zero attached hydrogens (tertiary/aromatic N) is 4. The Balaban J connectivity index is 1.47. The molecule has 1 aliphatic carbocycles. The van der Waals surface area contributed by atoms with Gasteiger partial charge in [-0.05, 0) is 37.0 Å². The Labute approximate surface area is 200 Å². The van der Waals surface area contributed by atoms with E-state index in [1.165, 1.54) is 13.2 Å². The summed E-state index contributed by atoms with van der Waals surface area (Å²) in [7, 11) is 3.29. The van der Waals surface area contributed by atoms with Gasteiger partial charge in [0.05, 0.1) is 31.0 Å². The van der Waals surface area contributed by atoms with Crippen molar-refractivity contribution in [3.05, 3.63) is 60.4 Å². The average molecular weight is 482 g/mol. The summed E-state index contributed by atoms with van der Waals surface area (Å²) in [6.45, 7) is -2.77. The minimum Gasteiger partial charge on any atom is -0.496 e. The Kier molecular flexibility index (Phi) is 6.10. The Hall–Kier alpha value is -3.95. The lowest BCUT2D eigenvalue weighted by Crippen LogP contribution is -2.11. The first kappa shape index (κ1) is 22.8. The molecular weight excluding hydrogens is 458 g/mol. The third kappa shape index (κ3) is 4.96. The van der Waals surface area contributed by atoms with Gasteiger partial charge in [-0.25, -0.2) is 9.97 Å². The summed E-state index contributed by atoms with van der Waals surface area (Å²) in [5, 5.41) is 0. The largest absolute Gasteiger partial charge is 0.496 e. The topological polar surface area (TPSA) is 79.9 Å². The number of fused-ring (bicyclic) bond motifs is 1. The Bertz CT molecular complexity index is 1380. The highest BCUT2D eigenvalue weighted by Crippen LogP contribution is 2.40. The van der Waals surface area contributed by atoms with E-state index in [-0.39, 0.29) is 29.3 Å². The quantitative estimate of drug-likeness (QED) is 0.299. The van der Waals surface area contributed by atoms with Gasteiger partial charge in [-0.1, -0.05) is 0 Å². The number of ether oxygens (including phenoxy) is 3. The fourth-order valence-electron chi connectivity index (χ4n) is 4.01. The zero-order chi connectivity index (χ0) is 24.5. The van der Waals surface area contributed by atoms with Crippen LogP contribution in [0.2, 0.25) is 0 Å². The number of aromatic nitrogens is 4. The molecule has 0 bridgehead atoms. The minimum absolute atomic E-state index is 0.0440. The van der Waals surface area contributed by atoms with Crippen LogP contribution < -0.4 is 14.2 Å². The van der Waals surface area contributed by atoms with E-state index in [2.05, 4.69) is 9.97 Å². The van der Waals surface area contributed by atoms with Crippen LogP contribution in [0.15, 0.2) is 49.2 Å². The van der Waals surface area contributed by atoms with Crippen LogP contribution in [-0.4, -0.2) is 38.4 Å². The van der Waals surface area contributed by atoms with Crippen molar-refractivity contribution in [3.8, 4) is 28.5 Å². The summed E-state index contributed by atoms with van der Waals surface area (Å²) < 4.78 is 46.1. The number of halogens is 2. The minimum atomic E-state index is -3.08. The normalized spacial score (nSPS) is 13.4. The van der Waals surface area contributed by atoms with E-state index in [0.29, 0.717) is 35.2 Å². The highest BCUT2D eigenvalue weighted by atomic mass is 19.3. The molecule has 35 heavy (non-hydrogen) atoms. The number of carbonyl (C=O) groups excluding carboxylic acids is 1. The second-order valence-corrected chi connectivity index (χ2v) is 8.55. The lowest BCUT2D eigenvalue weighted by atomic mass is 10.00. The third-order valence-corrected chi connectivity index (χ3v) is 5.88. The van der Waals surface area contributed by atoms with Gasteiger partial charge in [0.2, 0.25) is 0 Å². The smallest absolute Gasteiger partial charge is 0.387 e. The molecule has 8 nitrogen and oxygen atoms in total. The molecule has 4 aromatic rings. The second kappa shape index (κ2) is 9.36. The van der Waals surface area contributed by atoms with Gasteiger partial charge in [0.15, 0.2) is 5.78 Å². The van der Waals surface area contributed by atoms with Crippen LogP contribution in [0.5, 0.6) is 17.2 Å². The number of rotatable bonds is 10. The molecule has 5 rings (SSSR count). The maximum atomic E-state index is 13.2. The lowest BCUT2D eigenvalue weighted by molar-refractivity contribution is -0.0502. The van der Waals surface area contributed by atoms with Gasteiger partial charge < -0.3 is 18.8 Å². The zero-order valence-corrected chi connectivity index (χ0v) is 19.3. The van der Waals surface area contributed by atoms with Gasteiger partial charge in [0, 0.05) is 37.5 Å². The molecule has 3 aromatic heterocycles. The van der Waals surface area contributed by atoms with Crippen LogP contribution in [0.4, 0.5) is 8.78 Å². The van der Waals surface area contributed by atoms with Crippen LogP contribution in [0.3, 0.4) is 0 Å². The number of hydrogen-bond acceptors (Lipinski definition) is 6. The maximum absolute atomic E-state index is 13.2. The first-order valence-electron chi connectivity index (χ1n) is 11.2.